The third-order valence-corrected chi connectivity index (χ3v) is 4.94. The summed E-state index contributed by atoms with van der Waals surface area (Å²) < 4.78 is 58.5. The minimum atomic E-state index is -4.02. The van der Waals surface area contributed by atoms with Gasteiger partial charge in [-0.15, -0.1) is 0 Å². The van der Waals surface area contributed by atoms with Crippen LogP contribution in [0.25, 0.3) is 0 Å². The molecule has 0 amide bonds. The number of hydrogen-bond acceptors (Lipinski definition) is 3. The van der Waals surface area contributed by atoms with Crippen LogP contribution in [-0.4, -0.2) is 37.1 Å². The van der Waals surface area contributed by atoms with Crippen molar-refractivity contribution in [1.82, 2.24) is 0 Å². The molecular formula is C16H22F3NO3S. The van der Waals surface area contributed by atoms with Crippen molar-refractivity contribution in [2.24, 2.45) is 4.40 Å². The number of halogens is 3. The van der Waals surface area contributed by atoms with Crippen molar-refractivity contribution in [2.45, 2.75) is 50.9 Å². The Kier molecular flexibility index (Phi) is 6.01. The molecule has 0 radical (unpaired) electrons. The average molecular weight is 365 g/mol. The monoisotopic (exact) mass is 365 g/mol. The van der Waals surface area contributed by atoms with Gasteiger partial charge in [0, 0.05) is 5.56 Å². The lowest BCUT2D eigenvalue weighted by molar-refractivity contribution is -0.196. The summed E-state index contributed by atoms with van der Waals surface area (Å²) in [6.07, 6.45) is 0. The second kappa shape index (κ2) is 6.93. The van der Waals surface area contributed by atoms with Crippen molar-refractivity contribution < 1.29 is 27.6 Å². The van der Waals surface area contributed by atoms with Crippen LogP contribution in [-0.2, 0) is 16.9 Å². The average Bonchev–Trinajstić information content (AvgIpc) is 2.45. The molecule has 0 spiro atoms. The van der Waals surface area contributed by atoms with Gasteiger partial charge >= 0.3 is 5.92 Å². The molecule has 24 heavy (non-hydrogen) atoms. The molecule has 0 saturated carbocycles. The van der Waals surface area contributed by atoms with Crippen LogP contribution in [0.3, 0.4) is 0 Å². The smallest absolute Gasteiger partial charge is 0.306 e. The van der Waals surface area contributed by atoms with Gasteiger partial charge in [-0.2, -0.15) is 13.2 Å². The van der Waals surface area contributed by atoms with Gasteiger partial charge in [0.1, 0.15) is 16.8 Å². The van der Waals surface area contributed by atoms with Crippen molar-refractivity contribution >= 4 is 16.7 Å². The molecule has 0 bridgehead atoms. The normalized spacial score (nSPS) is 17.5. The minimum absolute atomic E-state index is 0.00190. The third kappa shape index (κ3) is 4.04. The van der Waals surface area contributed by atoms with E-state index in [9.17, 15) is 22.5 Å². The largest absolute Gasteiger partial charge is 0.393 e. The van der Waals surface area contributed by atoms with Gasteiger partial charge < -0.3 is 10.2 Å². The van der Waals surface area contributed by atoms with Gasteiger partial charge in [-0.1, -0.05) is 12.1 Å². The van der Waals surface area contributed by atoms with E-state index in [1.807, 2.05) is 0 Å². The van der Waals surface area contributed by atoms with E-state index in [4.69, 9.17) is 5.11 Å². The third-order valence-electron chi connectivity index (χ3n) is 3.45. The second-order valence-corrected chi connectivity index (χ2v) is 8.62. The maximum atomic E-state index is 14.6. The molecule has 0 aliphatic rings. The summed E-state index contributed by atoms with van der Waals surface area (Å²) in [5.74, 6) is -5.30. The first-order valence-electron chi connectivity index (χ1n) is 7.23. The minimum Gasteiger partial charge on any atom is -0.393 e. The highest BCUT2D eigenvalue weighted by Gasteiger charge is 2.52. The molecule has 2 N–H and O–H groups in total. The molecule has 0 heterocycles. The quantitative estimate of drug-likeness (QED) is 0.788. The summed E-state index contributed by atoms with van der Waals surface area (Å²) in [7, 11) is -1.68. The molecule has 1 aromatic rings. The molecule has 0 fully saturated rings. The molecule has 0 saturated heterocycles. The predicted octanol–water partition coefficient (Wildman–Crippen LogP) is 2.93. The molecular weight excluding hydrogens is 343 g/mol. The second-order valence-electron chi connectivity index (χ2n) is 6.71. The molecule has 4 nitrogen and oxygen atoms in total. The number of hydrogen-bond donors (Lipinski definition) is 2. The van der Waals surface area contributed by atoms with E-state index in [1.165, 1.54) is 19.1 Å². The van der Waals surface area contributed by atoms with Gasteiger partial charge in [-0.25, -0.2) is 8.60 Å². The summed E-state index contributed by atoms with van der Waals surface area (Å²) in [5.41, 5.74) is -4.12. The Hall–Kier alpha value is -1.25. The lowest BCUT2D eigenvalue weighted by atomic mass is 9.90. The van der Waals surface area contributed by atoms with Crippen LogP contribution in [0.5, 0.6) is 0 Å². The van der Waals surface area contributed by atoms with Crippen molar-refractivity contribution in [2.75, 3.05) is 6.61 Å². The van der Waals surface area contributed by atoms with Gasteiger partial charge in [0.25, 0.3) is 0 Å². The zero-order valence-electron chi connectivity index (χ0n) is 14.2. The summed E-state index contributed by atoms with van der Waals surface area (Å²) in [4.78, 5) is 0. The van der Waals surface area contributed by atoms with Crippen LogP contribution in [0.4, 0.5) is 13.2 Å². The Morgan fingerprint density at radius 3 is 2.25 bits per heavy atom. The van der Waals surface area contributed by atoms with E-state index in [0.29, 0.717) is 6.92 Å². The first kappa shape index (κ1) is 20.8. The lowest BCUT2D eigenvalue weighted by Gasteiger charge is -2.31. The molecule has 0 aliphatic carbocycles. The fourth-order valence-corrected chi connectivity index (χ4v) is 2.37. The highest BCUT2D eigenvalue weighted by atomic mass is 32.2. The maximum Gasteiger partial charge on any atom is 0.306 e. The van der Waals surface area contributed by atoms with Gasteiger partial charge in [-0.05, 0) is 40.7 Å². The fraction of sp³-hybridized carbons (Fsp3) is 0.562. The fourth-order valence-electron chi connectivity index (χ4n) is 1.75. The summed E-state index contributed by atoms with van der Waals surface area (Å²) in [6, 6.07) is 3.26. The van der Waals surface area contributed by atoms with E-state index in [-0.39, 0.29) is 11.3 Å². The van der Waals surface area contributed by atoms with Gasteiger partial charge in [0.05, 0.1) is 22.6 Å². The van der Waals surface area contributed by atoms with Crippen LogP contribution in [0, 0.1) is 5.82 Å². The molecule has 1 rings (SSSR count). The van der Waals surface area contributed by atoms with Gasteiger partial charge in [-0.3, -0.25) is 0 Å². The van der Waals surface area contributed by atoms with Crippen LogP contribution in [0.2, 0.25) is 0 Å². The number of rotatable bonds is 5. The number of benzene rings is 1. The summed E-state index contributed by atoms with van der Waals surface area (Å²) in [5, 5.41) is 18.6. The zero-order chi connectivity index (χ0) is 18.9. The van der Waals surface area contributed by atoms with Crippen molar-refractivity contribution in [3.63, 3.8) is 0 Å². The first-order chi connectivity index (χ1) is 10.8. The Bertz CT molecular complexity index is 667. The Morgan fingerprint density at radius 2 is 1.79 bits per heavy atom. The molecule has 0 aliphatic heterocycles. The van der Waals surface area contributed by atoms with Crippen LogP contribution in [0.15, 0.2) is 22.6 Å². The number of alkyl halides is 2. The van der Waals surface area contributed by atoms with Crippen LogP contribution >= 0.6 is 0 Å². The number of aliphatic hydroxyl groups is 2. The van der Waals surface area contributed by atoms with Crippen molar-refractivity contribution in [3.8, 4) is 0 Å². The molecule has 136 valence electrons. The van der Waals surface area contributed by atoms with Gasteiger partial charge in [0.15, 0.2) is 5.60 Å². The molecule has 1 aromatic carbocycles. The standard InChI is InChI=1S/C16H22F3NO3S/c1-10(20-24(23)14(2,3)4)11-7-6-8-12(13(11)17)16(18,19)15(5,22)9-21/h6-8,21-22H,9H2,1-5H3/b20-10+/t15-,24-/m1/s1. The van der Waals surface area contributed by atoms with E-state index >= 15 is 0 Å². The molecule has 2 atom stereocenters. The maximum absolute atomic E-state index is 14.6. The first-order valence-corrected chi connectivity index (χ1v) is 8.34. The van der Waals surface area contributed by atoms with Crippen LogP contribution < -0.4 is 0 Å². The van der Waals surface area contributed by atoms with Crippen molar-refractivity contribution in [3.05, 3.63) is 35.1 Å². The van der Waals surface area contributed by atoms with Gasteiger partial charge in [0.2, 0.25) is 0 Å². The highest BCUT2D eigenvalue weighted by molar-refractivity contribution is 7.85. The zero-order valence-corrected chi connectivity index (χ0v) is 15.0. The number of aliphatic hydroxyl groups excluding tert-OH is 1. The predicted molar refractivity (Wildman–Crippen MR) is 88.1 cm³/mol. The van der Waals surface area contributed by atoms with E-state index in [0.717, 1.165) is 6.07 Å². The Labute approximate surface area is 142 Å². The lowest BCUT2D eigenvalue weighted by Crippen LogP contribution is -2.47. The highest BCUT2D eigenvalue weighted by Crippen LogP contribution is 2.40. The number of nitrogens with zero attached hydrogens (tertiary/aromatic N) is 1. The van der Waals surface area contributed by atoms with E-state index in [2.05, 4.69) is 4.40 Å². The van der Waals surface area contributed by atoms with E-state index in [1.54, 1.807) is 20.8 Å². The molecule has 0 unspecified atom stereocenters. The van der Waals surface area contributed by atoms with Crippen molar-refractivity contribution in [1.29, 1.82) is 0 Å². The SMILES string of the molecule is C/C(=N\[S@](=O)C(C)(C)C)c1cccc(C(F)(F)[C@](C)(O)CO)c1F. The summed E-state index contributed by atoms with van der Waals surface area (Å²) >= 11 is 0. The summed E-state index contributed by atoms with van der Waals surface area (Å²) in [6.45, 7) is 5.88. The molecule has 8 heteroatoms. The topological polar surface area (TPSA) is 69.9 Å². The Morgan fingerprint density at radius 1 is 1.25 bits per heavy atom. The Balaban J connectivity index is 3.43. The molecule has 0 aromatic heterocycles. The van der Waals surface area contributed by atoms with Crippen LogP contribution in [0.1, 0.15) is 45.7 Å². The van der Waals surface area contributed by atoms with E-state index < -0.39 is 45.2 Å².